The maximum atomic E-state index is 12.9. The van der Waals surface area contributed by atoms with Gasteiger partial charge in [0.2, 0.25) is 0 Å². The van der Waals surface area contributed by atoms with E-state index in [9.17, 15) is 23.1 Å². The number of nitrogens with zero attached hydrogens (tertiary/aromatic N) is 2. The Hall–Kier alpha value is -3.40. The van der Waals surface area contributed by atoms with E-state index in [1.807, 2.05) is 18.2 Å². The van der Waals surface area contributed by atoms with Gasteiger partial charge in [0.25, 0.3) is 0 Å². The zero-order valence-electron chi connectivity index (χ0n) is 18.6. The summed E-state index contributed by atoms with van der Waals surface area (Å²) in [5.74, 6) is -0.312. The van der Waals surface area contributed by atoms with Crippen LogP contribution in [-0.2, 0) is 23.8 Å². The van der Waals surface area contributed by atoms with E-state index in [1.165, 1.54) is 0 Å². The molecule has 0 fully saturated rings. The molecule has 2 heterocycles. The van der Waals surface area contributed by atoms with Gasteiger partial charge in [0.1, 0.15) is 11.6 Å². The second kappa shape index (κ2) is 12.7. The van der Waals surface area contributed by atoms with Crippen LogP contribution in [0.25, 0.3) is 0 Å². The molecule has 2 aromatic heterocycles. The standard InChI is InChI=1S/C22H22F3N3O3S.C2H4/c1-26-19-4-2-3-16(27-19)9-10-31-17-7-5-14(6-8-17)11-15(12-20(29)30)21-28-18(13-32-21)22(23,24)25;1-2/h2-8,13,15H,9-12H2,1H3,(H,26,27)(H,29,30);1-2H2. The Bertz CT molecular complexity index is 1060. The van der Waals surface area contributed by atoms with Crippen LogP contribution in [0.15, 0.2) is 61.0 Å². The molecular weight excluding hydrogens is 467 g/mol. The lowest BCUT2D eigenvalue weighted by Gasteiger charge is -2.13. The van der Waals surface area contributed by atoms with Crippen LogP contribution < -0.4 is 10.1 Å². The molecule has 1 unspecified atom stereocenters. The molecule has 0 bridgehead atoms. The van der Waals surface area contributed by atoms with Crippen molar-refractivity contribution in [3.63, 3.8) is 0 Å². The maximum absolute atomic E-state index is 12.9. The fourth-order valence-electron chi connectivity index (χ4n) is 3.10. The molecule has 0 aliphatic heterocycles. The maximum Gasteiger partial charge on any atom is 0.434 e. The van der Waals surface area contributed by atoms with Gasteiger partial charge in [-0.3, -0.25) is 4.79 Å². The molecule has 0 spiro atoms. The quantitative estimate of drug-likeness (QED) is 0.346. The van der Waals surface area contributed by atoms with Gasteiger partial charge in [0.05, 0.1) is 18.0 Å². The van der Waals surface area contributed by atoms with Gasteiger partial charge >= 0.3 is 12.1 Å². The SMILES string of the molecule is C=C.CNc1cccc(CCOc2ccc(CC(CC(=O)O)c3nc(C(F)(F)F)cs3)cc2)n1. The minimum absolute atomic E-state index is 0.163. The van der Waals surface area contributed by atoms with Gasteiger partial charge in [-0.2, -0.15) is 13.2 Å². The van der Waals surface area contributed by atoms with E-state index < -0.39 is 23.8 Å². The molecule has 3 rings (SSSR count). The van der Waals surface area contributed by atoms with Crippen LogP contribution in [0.5, 0.6) is 5.75 Å². The predicted molar refractivity (Wildman–Crippen MR) is 126 cm³/mol. The lowest BCUT2D eigenvalue weighted by Crippen LogP contribution is -2.11. The molecule has 0 aliphatic rings. The molecule has 182 valence electrons. The number of ether oxygens (including phenoxy) is 1. The van der Waals surface area contributed by atoms with E-state index >= 15 is 0 Å². The van der Waals surface area contributed by atoms with Gasteiger partial charge in [-0.15, -0.1) is 24.5 Å². The lowest BCUT2D eigenvalue weighted by molar-refractivity contribution is -0.140. The molecule has 34 heavy (non-hydrogen) atoms. The molecular formula is C24H26F3N3O3S. The second-order valence-corrected chi connectivity index (χ2v) is 7.96. The van der Waals surface area contributed by atoms with E-state index in [2.05, 4.69) is 28.4 Å². The third-order valence-electron chi connectivity index (χ3n) is 4.68. The number of halogens is 3. The van der Waals surface area contributed by atoms with Crippen molar-refractivity contribution < 1.29 is 27.8 Å². The third-order valence-corrected chi connectivity index (χ3v) is 5.69. The highest BCUT2D eigenvalue weighted by Gasteiger charge is 2.34. The number of aromatic nitrogens is 2. The van der Waals surface area contributed by atoms with Gasteiger partial charge in [-0.1, -0.05) is 18.2 Å². The number of hydrogen-bond donors (Lipinski definition) is 2. The normalized spacial score (nSPS) is 11.8. The number of carboxylic acid groups (broad SMARTS) is 1. The van der Waals surface area contributed by atoms with Gasteiger partial charge < -0.3 is 15.2 Å². The fraction of sp³-hybridized carbons (Fsp3) is 0.292. The molecule has 1 atom stereocenters. The van der Waals surface area contributed by atoms with Crippen LogP contribution >= 0.6 is 11.3 Å². The highest BCUT2D eigenvalue weighted by Crippen LogP contribution is 2.34. The lowest BCUT2D eigenvalue weighted by atomic mass is 9.96. The second-order valence-electron chi connectivity index (χ2n) is 7.07. The molecule has 2 N–H and O–H groups in total. The average molecular weight is 494 g/mol. The van der Waals surface area contributed by atoms with Crippen LogP contribution in [0, 0.1) is 0 Å². The van der Waals surface area contributed by atoms with Gasteiger partial charge in [-0.05, 0) is 36.2 Å². The highest BCUT2D eigenvalue weighted by molar-refractivity contribution is 7.09. The Balaban J connectivity index is 0.00000199. The van der Waals surface area contributed by atoms with Crippen molar-refractivity contribution in [2.45, 2.75) is 31.4 Å². The first-order chi connectivity index (χ1) is 16.2. The van der Waals surface area contributed by atoms with Crippen molar-refractivity contribution in [1.29, 1.82) is 0 Å². The topological polar surface area (TPSA) is 84.3 Å². The van der Waals surface area contributed by atoms with Crippen LogP contribution in [0.2, 0.25) is 0 Å². The Morgan fingerprint density at radius 1 is 1.18 bits per heavy atom. The van der Waals surface area contributed by atoms with Crippen molar-refractivity contribution >= 4 is 23.1 Å². The van der Waals surface area contributed by atoms with E-state index in [0.717, 1.165) is 33.8 Å². The summed E-state index contributed by atoms with van der Waals surface area (Å²) in [5.41, 5.74) is 0.689. The van der Waals surface area contributed by atoms with Crippen LogP contribution in [0.4, 0.5) is 19.0 Å². The Labute approximate surface area is 200 Å². The van der Waals surface area contributed by atoms with Crippen molar-refractivity contribution in [3.8, 4) is 5.75 Å². The number of nitrogens with one attached hydrogen (secondary N) is 1. The number of alkyl halides is 3. The molecule has 3 aromatic rings. The molecule has 6 nitrogen and oxygen atoms in total. The number of benzene rings is 1. The summed E-state index contributed by atoms with van der Waals surface area (Å²) in [7, 11) is 1.80. The van der Waals surface area contributed by atoms with E-state index in [4.69, 9.17) is 4.74 Å². The number of carbonyl (C=O) groups is 1. The van der Waals surface area contributed by atoms with Gasteiger partial charge in [0.15, 0.2) is 5.69 Å². The zero-order chi connectivity index (χ0) is 25.1. The molecule has 0 saturated heterocycles. The third kappa shape index (κ3) is 8.18. The zero-order valence-corrected chi connectivity index (χ0v) is 19.5. The van der Waals surface area contributed by atoms with Crippen molar-refractivity contribution in [3.05, 3.63) is 83.0 Å². The summed E-state index contributed by atoms with van der Waals surface area (Å²) < 4.78 is 44.3. The van der Waals surface area contributed by atoms with E-state index in [1.54, 1.807) is 31.3 Å². The first-order valence-electron chi connectivity index (χ1n) is 10.3. The molecule has 10 heteroatoms. The Kier molecular flexibility index (Phi) is 10.1. The first-order valence-corrected chi connectivity index (χ1v) is 11.2. The summed E-state index contributed by atoms with van der Waals surface area (Å²) in [5, 5.41) is 13.2. The molecule has 0 aliphatic carbocycles. The van der Waals surface area contributed by atoms with Crippen LogP contribution in [-0.4, -0.2) is 34.7 Å². The van der Waals surface area contributed by atoms with Crippen molar-refractivity contribution in [1.82, 2.24) is 9.97 Å². The Morgan fingerprint density at radius 3 is 2.47 bits per heavy atom. The molecule has 1 aromatic carbocycles. The average Bonchev–Trinajstić information content (AvgIpc) is 3.32. The monoisotopic (exact) mass is 493 g/mol. The Morgan fingerprint density at radius 2 is 1.88 bits per heavy atom. The van der Waals surface area contributed by atoms with Crippen molar-refractivity contribution in [2.75, 3.05) is 19.0 Å². The number of carboxylic acids is 1. The summed E-state index contributed by atoms with van der Waals surface area (Å²) in [4.78, 5) is 19.3. The van der Waals surface area contributed by atoms with Gasteiger partial charge in [0, 0.05) is 30.5 Å². The molecule has 0 radical (unpaired) electrons. The predicted octanol–water partition coefficient (Wildman–Crippen LogP) is 5.82. The minimum atomic E-state index is -4.55. The molecule has 0 saturated carbocycles. The van der Waals surface area contributed by atoms with Gasteiger partial charge in [-0.25, -0.2) is 9.97 Å². The largest absolute Gasteiger partial charge is 0.493 e. The van der Waals surface area contributed by atoms with E-state index in [0.29, 0.717) is 18.8 Å². The van der Waals surface area contributed by atoms with Crippen LogP contribution in [0.3, 0.4) is 0 Å². The molecule has 0 amide bonds. The number of thiazole rings is 1. The summed E-state index contributed by atoms with van der Waals surface area (Å²) in [6.07, 6.45) is -3.96. The first kappa shape index (κ1) is 26.8. The highest BCUT2D eigenvalue weighted by atomic mass is 32.1. The van der Waals surface area contributed by atoms with Crippen molar-refractivity contribution in [2.24, 2.45) is 0 Å². The number of anilines is 1. The summed E-state index contributed by atoms with van der Waals surface area (Å²) in [6.45, 7) is 6.43. The minimum Gasteiger partial charge on any atom is -0.493 e. The van der Waals surface area contributed by atoms with E-state index in [-0.39, 0.29) is 17.8 Å². The number of hydrogen-bond acceptors (Lipinski definition) is 6. The smallest absolute Gasteiger partial charge is 0.434 e. The fourth-order valence-corrected chi connectivity index (χ4v) is 4.03. The summed E-state index contributed by atoms with van der Waals surface area (Å²) in [6, 6.07) is 12.8. The number of pyridine rings is 1. The van der Waals surface area contributed by atoms with Crippen LogP contribution in [0.1, 0.15) is 34.3 Å². The number of aliphatic carboxylic acids is 1. The number of rotatable bonds is 10. The summed E-state index contributed by atoms with van der Waals surface area (Å²) >= 11 is 0.831.